The van der Waals surface area contributed by atoms with Gasteiger partial charge in [0.2, 0.25) is 10.0 Å². The van der Waals surface area contributed by atoms with Crippen molar-refractivity contribution < 1.29 is 17.9 Å². The van der Waals surface area contributed by atoms with Gasteiger partial charge in [-0.1, -0.05) is 25.0 Å². The summed E-state index contributed by atoms with van der Waals surface area (Å²) in [6, 6.07) is 6.02. The predicted molar refractivity (Wildman–Crippen MR) is 92.9 cm³/mol. The molecule has 2 aliphatic rings. The molecule has 0 amide bonds. The molecule has 24 heavy (non-hydrogen) atoms. The Kier molecular flexibility index (Phi) is 5.63. The van der Waals surface area contributed by atoms with E-state index in [4.69, 9.17) is 9.47 Å². The van der Waals surface area contributed by atoms with Crippen LogP contribution >= 0.6 is 0 Å². The van der Waals surface area contributed by atoms with Crippen LogP contribution in [-0.2, 0) is 16.6 Å². The number of sulfonamides is 1. The molecule has 2 atom stereocenters. The van der Waals surface area contributed by atoms with Gasteiger partial charge in [0.15, 0.2) is 11.5 Å². The third-order valence-electron chi connectivity index (χ3n) is 4.54. The first-order valence-electron chi connectivity index (χ1n) is 8.61. The fourth-order valence-electron chi connectivity index (χ4n) is 3.43. The molecule has 1 aromatic rings. The molecule has 2 N–H and O–H groups in total. The van der Waals surface area contributed by atoms with Crippen molar-refractivity contribution in [1.82, 2.24) is 10.0 Å². The predicted octanol–water partition coefficient (Wildman–Crippen LogP) is 1.80. The molecule has 0 spiro atoms. The van der Waals surface area contributed by atoms with E-state index in [0.717, 1.165) is 49.2 Å². The van der Waals surface area contributed by atoms with Crippen LogP contribution in [0.4, 0.5) is 0 Å². The monoisotopic (exact) mass is 354 g/mol. The molecule has 1 saturated carbocycles. The first-order valence-corrected chi connectivity index (χ1v) is 10.5. The molecule has 0 unspecified atom stereocenters. The van der Waals surface area contributed by atoms with Gasteiger partial charge in [-0.2, -0.15) is 0 Å². The highest BCUT2D eigenvalue weighted by molar-refractivity contribution is 7.88. The normalized spacial score (nSPS) is 24.4. The van der Waals surface area contributed by atoms with Crippen LogP contribution in [0.25, 0.3) is 0 Å². The van der Waals surface area contributed by atoms with Crippen LogP contribution in [0.5, 0.6) is 11.5 Å². The summed E-state index contributed by atoms with van der Waals surface area (Å²) in [5.41, 5.74) is 1.05. The highest BCUT2D eigenvalue weighted by Gasteiger charge is 2.27. The highest BCUT2D eigenvalue weighted by Crippen LogP contribution is 2.33. The Hall–Kier alpha value is -1.31. The Morgan fingerprint density at radius 2 is 1.83 bits per heavy atom. The summed E-state index contributed by atoms with van der Waals surface area (Å²) >= 11 is 0. The van der Waals surface area contributed by atoms with E-state index >= 15 is 0 Å². The van der Waals surface area contributed by atoms with Crippen molar-refractivity contribution in [2.24, 2.45) is 0 Å². The van der Waals surface area contributed by atoms with Gasteiger partial charge < -0.3 is 14.8 Å². The van der Waals surface area contributed by atoms with E-state index in [1.807, 2.05) is 18.2 Å². The fraction of sp³-hybridized carbons (Fsp3) is 0.647. The summed E-state index contributed by atoms with van der Waals surface area (Å²) in [7, 11) is -3.19. The van der Waals surface area contributed by atoms with Gasteiger partial charge in [0, 0.05) is 30.6 Å². The second-order valence-corrected chi connectivity index (χ2v) is 8.34. The molecule has 0 bridgehead atoms. The minimum Gasteiger partial charge on any atom is -0.490 e. The van der Waals surface area contributed by atoms with Gasteiger partial charge in [0.25, 0.3) is 0 Å². The van der Waals surface area contributed by atoms with Gasteiger partial charge >= 0.3 is 0 Å². The van der Waals surface area contributed by atoms with E-state index < -0.39 is 10.0 Å². The third kappa shape index (κ3) is 4.62. The lowest BCUT2D eigenvalue weighted by molar-refractivity contribution is 0.292. The van der Waals surface area contributed by atoms with Gasteiger partial charge in [0.05, 0.1) is 19.5 Å². The van der Waals surface area contributed by atoms with Crippen molar-refractivity contribution in [3.8, 4) is 11.5 Å². The molecule has 0 saturated heterocycles. The molecule has 6 nitrogen and oxygen atoms in total. The largest absolute Gasteiger partial charge is 0.490 e. The summed E-state index contributed by atoms with van der Waals surface area (Å²) in [5, 5.41) is 3.52. The van der Waals surface area contributed by atoms with Crippen molar-refractivity contribution in [3.05, 3.63) is 23.8 Å². The van der Waals surface area contributed by atoms with Crippen LogP contribution in [0.2, 0.25) is 0 Å². The number of hydrogen-bond acceptors (Lipinski definition) is 5. The van der Waals surface area contributed by atoms with E-state index in [-0.39, 0.29) is 12.1 Å². The molecule has 1 aromatic carbocycles. The average Bonchev–Trinajstić information content (AvgIpc) is 2.78. The molecule has 0 aromatic heterocycles. The Morgan fingerprint density at radius 1 is 1.08 bits per heavy atom. The first kappa shape index (κ1) is 17.5. The summed E-state index contributed by atoms with van der Waals surface area (Å²) in [6.07, 6.45) is 6.12. The van der Waals surface area contributed by atoms with Crippen molar-refractivity contribution in [3.63, 3.8) is 0 Å². The lowest BCUT2D eigenvalue weighted by Crippen LogP contribution is -2.51. The third-order valence-corrected chi connectivity index (χ3v) is 5.27. The summed E-state index contributed by atoms with van der Waals surface area (Å²) in [6.45, 7) is 1.97. The molecule has 1 aliphatic carbocycles. The molecule has 1 aliphatic heterocycles. The summed E-state index contributed by atoms with van der Waals surface area (Å²) < 4.78 is 37.5. The molecular formula is C17H26N2O4S. The van der Waals surface area contributed by atoms with Crippen molar-refractivity contribution in [1.29, 1.82) is 0 Å². The van der Waals surface area contributed by atoms with Crippen molar-refractivity contribution in [2.75, 3.05) is 19.5 Å². The number of benzene rings is 1. The van der Waals surface area contributed by atoms with Crippen LogP contribution in [0.1, 0.15) is 37.7 Å². The zero-order chi connectivity index (χ0) is 17.0. The lowest BCUT2D eigenvalue weighted by Gasteiger charge is -2.32. The molecule has 134 valence electrons. The highest BCUT2D eigenvalue weighted by atomic mass is 32.2. The quantitative estimate of drug-likeness (QED) is 0.843. The Bertz CT molecular complexity index is 663. The number of fused-ring (bicyclic) bond motifs is 1. The van der Waals surface area contributed by atoms with E-state index in [0.29, 0.717) is 19.8 Å². The maximum absolute atomic E-state index is 11.6. The second kappa shape index (κ2) is 7.72. The van der Waals surface area contributed by atoms with E-state index in [1.165, 1.54) is 6.26 Å². The standard InChI is InChI=1S/C17H26N2O4S/c1-24(20,21)19-15-8-3-2-7-14(15)18-12-13-6-4-9-16-17(13)23-11-5-10-22-16/h4,6,9,14-15,18-19H,2-3,5,7-8,10-12H2,1H3/t14-,15+/m1/s1. The van der Waals surface area contributed by atoms with Gasteiger partial charge in [0.1, 0.15) is 0 Å². The van der Waals surface area contributed by atoms with E-state index in [9.17, 15) is 8.42 Å². The molecule has 0 radical (unpaired) electrons. The summed E-state index contributed by atoms with van der Waals surface area (Å²) in [5.74, 6) is 1.60. The molecule has 3 rings (SSSR count). The smallest absolute Gasteiger partial charge is 0.209 e. The molecule has 1 fully saturated rings. The van der Waals surface area contributed by atoms with Gasteiger partial charge in [-0.05, 0) is 18.9 Å². The SMILES string of the molecule is CS(=O)(=O)N[C@H]1CCCC[C@H]1NCc1cccc2c1OCCCO2. The van der Waals surface area contributed by atoms with Gasteiger partial charge in [-0.3, -0.25) is 0 Å². The lowest BCUT2D eigenvalue weighted by atomic mass is 9.91. The van der Waals surface area contributed by atoms with Gasteiger partial charge in [-0.15, -0.1) is 0 Å². The van der Waals surface area contributed by atoms with Crippen molar-refractivity contribution >= 4 is 10.0 Å². The minimum atomic E-state index is -3.19. The number of hydrogen-bond donors (Lipinski definition) is 2. The van der Waals surface area contributed by atoms with E-state index in [2.05, 4.69) is 10.0 Å². The van der Waals surface area contributed by atoms with Crippen LogP contribution in [0.3, 0.4) is 0 Å². The first-order chi connectivity index (χ1) is 11.5. The number of nitrogens with one attached hydrogen (secondary N) is 2. The Labute approximate surface area is 144 Å². The van der Waals surface area contributed by atoms with Crippen molar-refractivity contribution in [2.45, 2.75) is 50.7 Å². The molecule has 1 heterocycles. The topological polar surface area (TPSA) is 76.7 Å². The fourth-order valence-corrected chi connectivity index (χ4v) is 4.26. The maximum Gasteiger partial charge on any atom is 0.209 e. The zero-order valence-electron chi connectivity index (χ0n) is 14.1. The summed E-state index contributed by atoms with van der Waals surface area (Å²) in [4.78, 5) is 0. The van der Waals surface area contributed by atoms with Gasteiger partial charge in [-0.25, -0.2) is 13.1 Å². The molecule has 7 heteroatoms. The minimum absolute atomic E-state index is 0.0479. The Morgan fingerprint density at radius 3 is 2.62 bits per heavy atom. The number of para-hydroxylation sites is 1. The number of ether oxygens (including phenoxy) is 2. The van der Waals surface area contributed by atoms with Crippen LogP contribution in [0, 0.1) is 0 Å². The molecular weight excluding hydrogens is 328 g/mol. The van der Waals surface area contributed by atoms with Crippen LogP contribution < -0.4 is 19.5 Å². The maximum atomic E-state index is 11.6. The van der Waals surface area contributed by atoms with E-state index in [1.54, 1.807) is 0 Å². The zero-order valence-corrected chi connectivity index (χ0v) is 14.9. The average molecular weight is 354 g/mol. The second-order valence-electron chi connectivity index (χ2n) is 6.56. The Balaban J connectivity index is 1.68. The number of rotatable bonds is 5. The van der Waals surface area contributed by atoms with Crippen LogP contribution in [0.15, 0.2) is 18.2 Å². The van der Waals surface area contributed by atoms with Crippen LogP contribution in [-0.4, -0.2) is 40.0 Å².